The molecule has 98 valence electrons. The molecule has 1 aliphatic carbocycles. The van der Waals surface area contributed by atoms with Crippen LogP contribution >= 0.6 is 11.3 Å². The highest BCUT2D eigenvalue weighted by Gasteiger charge is 2.57. The van der Waals surface area contributed by atoms with Gasteiger partial charge < -0.3 is 10.2 Å². The molecule has 1 spiro atoms. The summed E-state index contributed by atoms with van der Waals surface area (Å²) >= 11 is 1.88. The van der Waals surface area contributed by atoms with Crippen molar-refractivity contribution >= 4 is 23.1 Å². The van der Waals surface area contributed by atoms with Crippen molar-refractivity contribution in [3.05, 3.63) is 15.8 Å². The molecule has 1 fully saturated rings. The third-order valence-corrected chi connectivity index (χ3v) is 5.53. The summed E-state index contributed by atoms with van der Waals surface area (Å²) in [7, 11) is 0. The monoisotopic (exact) mass is 264 g/mol. The first kappa shape index (κ1) is 12.0. The van der Waals surface area contributed by atoms with Gasteiger partial charge in [-0.25, -0.2) is 4.79 Å². The molecular formula is C14H20N2OS. The molecule has 1 saturated carbocycles. The van der Waals surface area contributed by atoms with Crippen LogP contribution in [-0.2, 0) is 5.54 Å². The molecule has 1 aromatic heterocycles. The van der Waals surface area contributed by atoms with Gasteiger partial charge in [0.2, 0.25) is 0 Å². The van der Waals surface area contributed by atoms with Crippen LogP contribution in [0.1, 0.15) is 56.2 Å². The van der Waals surface area contributed by atoms with E-state index in [1.165, 1.54) is 9.75 Å². The molecule has 1 N–H and O–H groups in total. The number of urea groups is 1. The summed E-state index contributed by atoms with van der Waals surface area (Å²) in [6.45, 7) is 8.61. The predicted molar refractivity (Wildman–Crippen MR) is 75.3 cm³/mol. The number of nitrogens with one attached hydrogen (secondary N) is 1. The molecule has 2 amide bonds. The third-order valence-electron chi connectivity index (χ3n) is 3.90. The van der Waals surface area contributed by atoms with E-state index >= 15 is 0 Å². The van der Waals surface area contributed by atoms with Crippen LogP contribution in [0.4, 0.5) is 10.5 Å². The predicted octanol–water partition coefficient (Wildman–Crippen LogP) is 4.12. The Morgan fingerprint density at radius 2 is 2.00 bits per heavy atom. The molecule has 2 aliphatic rings. The fourth-order valence-corrected chi connectivity index (χ4v) is 4.29. The quantitative estimate of drug-likeness (QED) is 0.856. The summed E-state index contributed by atoms with van der Waals surface area (Å²) < 4.78 is 0. The Balaban J connectivity index is 2.08. The Hall–Kier alpha value is -1.03. The standard InChI is InChI=1S/C14H20N2OS/c1-8(2)11-7-10-12(18-11)14(5-6-14)16(9(3)4)13(17)15-10/h7-9H,5-6H2,1-4H3,(H,15,17). The Morgan fingerprint density at radius 1 is 1.33 bits per heavy atom. The molecular weight excluding hydrogens is 244 g/mol. The highest BCUT2D eigenvalue weighted by Crippen LogP contribution is 2.59. The van der Waals surface area contributed by atoms with Gasteiger partial charge in [-0.3, -0.25) is 0 Å². The number of nitrogens with zero attached hydrogens (tertiary/aromatic N) is 1. The lowest BCUT2D eigenvalue weighted by molar-refractivity contribution is 0.154. The molecule has 3 nitrogen and oxygen atoms in total. The molecule has 4 heteroatoms. The minimum absolute atomic E-state index is 0.0175. The van der Waals surface area contributed by atoms with Crippen molar-refractivity contribution in [1.29, 1.82) is 0 Å². The van der Waals surface area contributed by atoms with Crippen molar-refractivity contribution < 1.29 is 4.79 Å². The van der Waals surface area contributed by atoms with Crippen molar-refractivity contribution in [2.45, 2.75) is 58.0 Å². The molecule has 0 aromatic carbocycles. The maximum atomic E-state index is 12.3. The lowest BCUT2D eigenvalue weighted by Gasteiger charge is -2.39. The highest BCUT2D eigenvalue weighted by molar-refractivity contribution is 7.13. The van der Waals surface area contributed by atoms with Gasteiger partial charge in [0.1, 0.15) is 0 Å². The number of fused-ring (bicyclic) bond motifs is 2. The van der Waals surface area contributed by atoms with Crippen LogP contribution in [-0.4, -0.2) is 17.0 Å². The molecule has 0 atom stereocenters. The van der Waals surface area contributed by atoms with Crippen LogP contribution in [0, 0.1) is 0 Å². The van der Waals surface area contributed by atoms with Crippen molar-refractivity contribution in [2.75, 3.05) is 5.32 Å². The van der Waals surface area contributed by atoms with Crippen LogP contribution in [0.2, 0.25) is 0 Å². The maximum absolute atomic E-state index is 12.3. The molecule has 1 aromatic rings. The maximum Gasteiger partial charge on any atom is 0.322 e. The Kier molecular flexibility index (Phi) is 2.49. The number of thiophene rings is 1. The van der Waals surface area contributed by atoms with E-state index in [4.69, 9.17) is 0 Å². The van der Waals surface area contributed by atoms with Gasteiger partial charge in [-0.1, -0.05) is 13.8 Å². The number of carbonyl (C=O) groups excluding carboxylic acids is 1. The molecule has 1 aliphatic heterocycles. The van der Waals surface area contributed by atoms with Crippen molar-refractivity contribution in [3.8, 4) is 0 Å². The van der Waals surface area contributed by atoms with E-state index in [1.807, 2.05) is 16.2 Å². The number of anilines is 1. The molecule has 3 rings (SSSR count). The summed E-state index contributed by atoms with van der Waals surface area (Å²) in [6.07, 6.45) is 2.23. The fraction of sp³-hybridized carbons (Fsp3) is 0.643. The lowest BCUT2D eigenvalue weighted by atomic mass is 10.1. The first-order valence-electron chi connectivity index (χ1n) is 6.70. The van der Waals surface area contributed by atoms with Crippen LogP contribution in [0.3, 0.4) is 0 Å². The van der Waals surface area contributed by atoms with E-state index < -0.39 is 0 Å². The average Bonchev–Trinajstić information content (AvgIpc) is 2.89. The van der Waals surface area contributed by atoms with Gasteiger partial charge in [0.15, 0.2) is 0 Å². The molecule has 18 heavy (non-hydrogen) atoms. The van der Waals surface area contributed by atoms with Gasteiger partial charge in [0.25, 0.3) is 0 Å². The minimum Gasteiger partial charge on any atom is -0.311 e. The first-order chi connectivity index (χ1) is 8.45. The van der Waals surface area contributed by atoms with Gasteiger partial charge in [0.05, 0.1) is 16.1 Å². The topological polar surface area (TPSA) is 32.3 Å². The average molecular weight is 264 g/mol. The van der Waals surface area contributed by atoms with Crippen LogP contribution in [0.25, 0.3) is 0 Å². The second-order valence-electron chi connectivity index (χ2n) is 5.97. The van der Waals surface area contributed by atoms with E-state index in [9.17, 15) is 4.79 Å². The summed E-state index contributed by atoms with van der Waals surface area (Å²) in [5.74, 6) is 0.529. The number of amides is 2. The summed E-state index contributed by atoms with van der Waals surface area (Å²) in [5, 5.41) is 3.06. The number of hydrogen-bond donors (Lipinski definition) is 1. The molecule has 2 heterocycles. The third kappa shape index (κ3) is 1.51. The van der Waals surface area contributed by atoms with E-state index in [2.05, 4.69) is 39.1 Å². The van der Waals surface area contributed by atoms with Gasteiger partial charge in [-0.15, -0.1) is 11.3 Å². The van der Waals surface area contributed by atoms with Crippen LogP contribution in [0.15, 0.2) is 6.07 Å². The van der Waals surface area contributed by atoms with Crippen LogP contribution in [0.5, 0.6) is 0 Å². The van der Waals surface area contributed by atoms with E-state index in [-0.39, 0.29) is 17.6 Å². The number of rotatable bonds is 2. The van der Waals surface area contributed by atoms with Crippen molar-refractivity contribution in [3.63, 3.8) is 0 Å². The van der Waals surface area contributed by atoms with Gasteiger partial charge in [-0.2, -0.15) is 0 Å². The Labute approximate surface area is 112 Å². The minimum atomic E-state index is 0.0175. The zero-order chi connectivity index (χ0) is 13.1. The molecule has 0 unspecified atom stereocenters. The zero-order valence-electron chi connectivity index (χ0n) is 11.4. The zero-order valence-corrected chi connectivity index (χ0v) is 12.2. The normalized spacial score (nSPS) is 20.6. The van der Waals surface area contributed by atoms with Crippen molar-refractivity contribution in [1.82, 2.24) is 4.90 Å². The van der Waals surface area contributed by atoms with Crippen LogP contribution < -0.4 is 5.32 Å². The smallest absolute Gasteiger partial charge is 0.311 e. The van der Waals surface area contributed by atoms with E-state index in [0.29, 0.717) is 5.92 Å². The molecule has 0 saturated heterocycles. The number of hydrogen-bond acceptors (Lipinski definition) is 2. The second-order valence-corrected chi connectivity index (χ2v) is 7.06. The summed E-state index contributed by atoms with van der Waals surface area (Å²) in [4.78, 5) is 17.0. The lowest BCUT2D eigenvalue weighted by Crippen LogP contribution is -2.50. The summed E-state index contributed by atoms with van der Waals surface area (Å²) in [5.41, 5.74) is 1.08. The van der Waals surface area contributed by atoms with E-state index in [0.717, 1.165) is 18.5 Å². The van der Waals surface area contributed by atoms with Gasteiger partial charge in [-0.05, 0) is 38.7 Å². The van der Waals surface area contributed by atoms with E-state index in [1.54, 1.807) is 0 Å². The van der Waals surface area contributed by atoms with Crippen molar-refractivity contribution in [2.24, 2.45) is 0 Å². The largest absolute Gasteiger partial charge is 0.322 e. The second kappa shape index (κ2) is 3.73. The van der Waals surface area contributed by atoms with Gasteiger partial charge >= 0.3 is 6.03 Å². The number of carbonyl (C=O) groups is 1. The molecule has 0 bridgehead atoms. The summed E-state index contributed by atoms with van der Waals surface area (Å²) in [6, 6.07) is 2.49. The highest BCUT2D eigenvalue weighted by atomic mass is 32.1. The Bertz CT molecular complexity index is 500. The molecule has 0 radical (unpaired) electrons. The fourth-order valence-electron chi connectivity index (χ4n) is 2.93. The SMILES string of the molecule is CC(C)c1cc2c(s1)C1(CC1)N(C(C)C)C(=O)N2. The first-order valence-corrected chi connectivity index (χ1v) is 7.52. The Morgan fingerprint density at radius 3 is 2.50 bits per heavy atom. The van der Waals surface area contributed by atoms with Gasteiger partial charge in [0, 0.05) is 10.9 Å².